The fourth-order valence-electron chi connectivity index (χ4n) is 3.87. The third-order valence-electron chi connectivity index (χ3n) is 5.53. The van der Waals surface area contributed by atoms with Crippen LogP contribution in [0.15, 0.2) is 35.5 Å². The molecule has 2 aliphatic rings. The van der Waals surface area contributed by atoms with Gasteiger partial charge in [-0.2, -0.15) is 0 Å². The van der Waals surface area contributed by atoms with E-state index in [0.717, 1.165) is 37.0 Å². The molecule has 156 valence electrons. The fraction of sp³-hybridized carbons (Fsp3) is 0.571. The summed E-state index contributed by atoms with van der Waals surface area (Å²) in [6, 6.07) is 10.6. The van der Waals surface area contributed by atoms with Crippen molar-refractivity contribution in [2.75, 3.05) is 31.2 Å². The number of morpholine rings is 1. The molecule has 4 rings (SSSR count). The number of thioether (sulfide) groups is 1. The molecule has 0 unspecified atom stereocenters. The van der Waals surface area contributed by atoms with Crippen LogP contribution in [-0.2, 0) is 16.1 Å². The van der Waals surface area contributed by atoms with Crippen LogP contribution in [0.25, 0.3) is 0 Å². The van der Waals surface area contributed by atoms with E-state index in [0.29, 0.717) is 25.8 Å². The predicted octanol–water partition coefficient (Wildman–Crippen LogP) is 2.70. The van der Waals surface area contributed by atoms with Crippen molar-refractivity contribution in [3.8, 4) is 0 Å². The van der Waals surface area contributed by atoms with Gasteiger partial charge in [-0.1, -0.05) is 54.9 Å². The molecule has 1 N–H and O–H groups in total. The summed E-state index contributed by atoms with van der Waals surface area (Å²) < 4.78 is 7.62. The molecule has 1 aliphatic heterocycles. The number of nitrogens with zero attached hydrogens (tertiary/aromatic N) is 4. The highest BCUT2D eigenvalue weighted by molar-refractivity contribution is 8.00. The molecule has 0 bridgehead atoms. The Bertz CT molecular complexity index is 801. The van der Waals surface area contributed by atoms with Crippen LogP contribution < -0.4 is 10.2 Å². The number of nitrogens with one attached hydrogen (secondary N) is 1. The number of hydrogen-bond acceptors (Lipinski definition) is 6. The molecule has 1 atom stereocenters. The summed E-state index contributed by atoms with van der Waals surface area (Å²) in [6.45, 7) is 5.62. The molecule has 7 nitrogen and oxygen atoms in total. The molecule has 0 radical (unpaired) electrons. The molecule has 2 heterocycles. The lowest BCUT2D eigenvalue weighted by Gasteiger charge is -2.28. The first-order valence-electron chi connectivity index (χ1n) is 10.5. The van der Waals surface area contributed by atoms with Crippen LogP contribution in [0.3, 0.4) is 0 Å². The summed E-state index contributed by atoms with van der Waals surface area (Å²) in [6.07, 6.45) is 4.60. The van der Waals surface area contributed by atoms with E-state index in [-0.39, 0.29) is 11.2 Å². The van der Waals surface area contributed by atoms with E-state index >= 15 is 0 Å². The Morgan fingerprint density at radius 2 is 1.93 bits per heavy atom. The van der Waals surface area contributed by atoms with Crippen LogP contribution in [0.5, 0.6) is 0 Å². The Hall–Kier alpha value is -2.06. The molecule has 2 aromatic rings. The van der Waals surface area contributed by atoms with Gasteiger partial charge in [0, 0.05) is 19.1 Å². The molecular weight excluding hydrogens is 386 g/mol. The summed E-state index contributed by atoms with van der Waals surface area (Å²) >= 11 is 1.49. The lowest BCUT2D eigenvalue weighted by Crippen LogP contribution is -2.38. The molecule has 29 heavy (non-hydrogen) atoms. The molecule has 8 heteroatoms. The minimum atomic E-state index is -0.216. The predicted molar refractivity (Wildman–Crippen MR) is 114 cm³/mol. The fourth-order valence-corrected chi connectivity index (χ4v) is 4.72. The van der Waals surface area contributed by atoms with Gasteiger partial charge in [0.25, 0.3) is 0 Å². The Kier molecular flexibility index (Phi) is 6.71. The third kappa shape index (κ3) is 5.11. The van der Waals surface area contributed by atoms with Crippen molar-refractivity contribution >= 4 is 23.6 Å². The summed E-state index contributed by atoms with van der Waals surface area (Å²) in [7, 11) is 0. The van der Waals surface area contributed by atoms with Gasteiger partial charge in [0.05, 0.1) is 25.0 Å². The van der Waals surface area contributed by atoms with E-state index in [1.807, 2.05) is 25.1 Å². The maximum atomic E-state index is 12.7. The van der Waals surface area contributed by atoms with Crippen molar-refractivity contribution in [1.29, 1.82) is 0 Å². The second-order valence-electron chi connectivity index (χ2n) is 7.70. The summed E-state index contributed by atoms with van der Waals surface area (Å²) in [5, 5.41) is 12.7. The average molecular weight is 416 g/mol. The minimum absolute atomic E-state index is 0.0871. The number of ether oxygens (including phenoxy) is 1. The Morgan fingerprint density at radius 3 is 2.66 bits per heavy atom. The quantitative estimate of drug-likeness (QED) is 0.701. The van der Waals surface area contributed by atoms with Gasteiger partial charge in [0.2, 0.25) is 11.9 Å². The van der Waals surface area contributed by atoms with Crippen LogP contribution in [0, 0.1) is 0 Å². The van der Waals surface area contributed by atoms with Crippen LogP contribution >= 0.6 is 11.8 Å². The zero-order chi connectivity index (χ0) is 20.1. The zero-order valence-corrected chi connectivity index (χ0v) is 17.7. The van der Waals surface area contributed by atoms with Gasteiger partial charge in [-0.25, -0.2) is 0 Å². The van der Waals surface area contributed by atoms with Crippen molar-refractivity contribution in [2.24, 2.45) is 0 Å². The topological polar surface area (TPSA) is 72.3 Å². The lowest BCUT2D eigenvalue weighted by atomic mass is 10.2. The number of carbonyl (C=O) groups excluding carboxylic acids is 1. The monoisotopic (exact) mass is 415 g/mol. The second kappa shape index (κ2) is 9.63. The van der Waals surface area contributed by atoms with Crippen molar-refractivity contribution in [3.63, 3.8) is 0 Å². The maximum Gasteiger partial charge on any atom is 0.233 e. The number of hydrogen-bond donors (Lipinski definition) is 1. The Labute approximate surface area is 176 Å². The van der Waals surface area contributed by atoms with Crippen LogP contribution in [0.4, 0.5) is 5.95 Å². The third-order valence-corrected chi connectivity index (χ3v) is 6.61. The molecule has 1 aliphatic carbocycles. The van der Waals surface area contributed by atoms with Gasteiger partial charge >= 0.3 is 0 Å². The maximum absolute atomic E-state index is 12.7. The molecule has 2 fully saturated rings. The van der Waals surface area contributed by atoms with Gasteiger partial charge in [-0.3, -0.25) is 9.36 Å². The van der Waals surface area contributed by atoms with Crippen LogP contribution in [0.2, 0.25) is 0 Å². The number of aromatic nitrogens is 3. The number of rotatable bonds is 7. The van der Waals surface area contributed by atoms with E-state index in [9.17, 15) is 4.79 Å². The molecule has 1 amide bonds. The van der Waals surface area contributed by atoms with Crippen LogP contribution in [-0.4, -0.2) is 58.3 Å². The molecule has 1 saturated heterocycles. The SMILES string of the molecule is C[C@H](Sc1nnc(N2CCOCC2)n1Cc1ccccc1)C(=O)NC1CCCC1. The van der Waals surface area contributed by atoms with Gasteiger partial charge in [-0.05, 0) is 25.3 Å². The van der Waals surface area contributed by atoms with Gasteiger partial charge in [-0.15, -0.1) is 10.2 Å². The van der Waals surface area contributed by atoms with Crippen LogP contribution in [0.1, 0.15) is 38.2 Å². The molecule has 0 spiro atoms. The van der Waals surface area contributed by atoms with Gasteiger partial charge < -0.3 is 15.0 Å². The largest absolute Gasteiger partial charge is 0.378 e. The zero-order valence-electron chi connectivity index (χ0n) is 16.9. The number of carbonyl (C=O) groups is 1. The summed E-state index contributed by atoms with van der Waals surface area (Å²) in [4.78, 5) is 14.9. The van der Waals surface area contributed by atoms with E-state index < -0.39 is 0 Å². The van der Waals surface area contributed by atoms with E-state index in [4.69, 9.17) is 4.74 Å². The van der Waals surface area contributed by atoms with E-state index in [1.54, 1.807) is 0 Å². The number of benzene rings is 1. The molecule has 1 aromatic carbocycles. The highest BCUT2D eigenvalue weighted by Crippen LogP contribution is 2.28. The first kappa shape index (κ1) is 20.2. The van der Waals surface area contributed by atoms with E-state index in [1.165, 1.54) is 30.2 Å². The smallest absolute Gasteiger partial charge is 0.233 e. The standard InChI is InChI=1S/C21H29N5O2S/c1-16(19(27)22-18-9-5-6-10-18)29-21-24-23-20(25-11-13-28-14-12-25)26(21)15-17-7-3-2-4-8-17/h2-4,7-8,16,18H,5-6,9-15H2,1H3,(H,22,27)/t16-/m0/s1. The molecular formula is C21H29N5O2S. The first-order valence-corrected chi connectivity index (χ1v) is 11.4. The molecule has 1 saturated carbocycles. The highest BCUT2D eigenvalue weighted by Gasteiger charge is 2.25. The summed E-state index contributed by atoms with van der Waals surface area (Å²) in [5.74, 6) is 0.937. The van der Waals surface area contributed by atoms with Crippen molar-refractivity contribution in [3.05, 3.63) is 35.9 Å². The average Bonchev–Trinajstić information content (AvgIpc) is 3.40. The Balaban J connectivity index is 1.51. The molecule has 1 aromatic heterocycles. The van der Waals surface area contributed by atoms with Gasteiger partial charge in [0.15, 0.2) is 5.16 Å². The second-order valence-corrected chi connectivity index (χ2v) is 9.01. The van der Waals surface area contributed by atoms with E-state index in [2.05, 4.69) is 37.1 Å². The van der Waals surface area contributed by atoms with Crippen molar-refractivity contribution in [1.82, 2.24) is 20.1 Å². The number of anilines is 1. The lowest BCUT2D eigenvalue weighted by molar-refractivity contribution is -0.120. The summed E-state index contributed by atoms with van der Waals surface area (Å²) in [5.41, 5.74) is 1.19. The van der Waals surface area contributed by atoms with Crippen molar-refractivity contribution < 1.29 is 9.53 Å². The number of amides is 1. The normalized spacial score (nSPS) is 18.7. The highest BCUT2D eigenvalue weighted by atomic mass is 32.2. The van der Waals surface area contributed by atoms with Crippen molar-refractivity contribution in [2.45, 2.75) is 55.6 Å². The minimum Gasteiger partial charge on any atom is -0.378 e. The Morgan fingerprint density at radius 1 is 1.21 bits per heavy atom. The first-order chi connectivity index (χ1) is 14.2. The van der Waals surface area contributed by atoms with Gasteiger partial charge in [0.1, 0.15) is 0 Å².